The Kier molecular flexibility index (Phi) is 4.98. The molecule has 0 fully saturated rings. The summed E-state index contributed by atoms with van der Waals surface area (Å²) in [6, 6.07) is 5.33. The Labute approximate surface area is 104 Å². The van der Waals surface area contributed by atoms with Gasteiger partial charge in [0.2, 0.25) is 0 Å². The Bertz CT molecular complexity index is 382. The fourth-order valence-corrected chi connectivity index (χ4v) is 1.76. The SMILES string of the molecule is CNCC(O)CN(C)c1ccccc1C(F)(F)F. The average molecular weight is 262 g/mol. The molecule has 0 saturated heterocycles. The summed E-state index contributed by atoms with van der Waals surface area (Å²) >= 11 is 0. The maximum Gasteiger partial charge on any atom is 0.418 e. The van der Waals surface area contributed by atoms with Gasteiger partial charge in [0.25, 0.3) is 0 Å². The van der Waals surface area contributed by atoms with Crippen LogP contribution in [0.1, 0.15) is 5.56 Å². The van der Waals surface area contributed by atoms with Crippen molar-refractivity contribution in [3.05, 3.63) is 29.8 Å². The van der Waals surface area contributed by atoms with E-state index in [0.29, 0.717) is 6.54 Å². The molecule has 0 aliphatic rings. The molecule has 1 atom stereocenters. The molecule has 3 nitrogen and oxygen atoms in total. The molecule has 0 saturated carbocycles. The van der Waals surface area contributed by atoms with Crippen LogP contribution in [-0.4, -0.2) is 38.4 Å². The molecule has 0 amide bonds. The van der Waals surface area contributed by atoms with E-state index < -0.39 is 17.8 Å². The highest BCUT2D eigenvalue weighted by Gasteiger charge is 2.34. The van der Waals surface area contributed by atoms with Gasteiger partial charge in [0.1, 0.15) is 0 Å². The Balaban J connectivity index is 2.89. The number of benzene rings is 1. The van der Waals surface area contributed by atoms with Crippen molar-refractivity contribution in [1.82, 2.24) is 5.32 Å². The van der Waals surface area contributed by atoms with E-state index in [1.807, 2.05) is 0 Å². The Morgan fingerprint density at radius 2 is 1.94 bits per heavy atom. The van der Waals surface area contributed by atoms with Crippen LogP contribution >= 0.6 is 0 Å². The molecule has 102 valence electrons. The highest BCUT2D eigenvalue weighted by Crippen LogP contribution is 2.35. The third-order valence-corrected chi connectivity index (χ3v) is 2.55. The number of halogens is 3. The fourth-order valence-electron chi connectivity index (χ4n) is 1.76. The van der Waals surface area contributed by atoms with Gasteiger partial charge in [-0.25, -0.2) is 0 Å². The Morgan fingerprint density at radius 1 is 1.33 bits per heavy atom. The van der Waals surface area contributed by atoms with E-state index >= 15 is 0 Å². The molecule has 0 aliphatic carbocycles. The number of hydrogen-bond acceptors (Lipinski definition) is 3. The third kappa shape index (κ3) is 3.89. The minimum Gasteiger partial charge on any atom is -0.390 e. The molecule has 18 heavy (non-hydrogen) atoms. The van der Waals surface area contributed by atoms with Gasteiger partial charge in [-0.1, -0.05) is 12.1 Å². The van der Waals surface area contributed by atoms with E-state index in [1.165, 1.54) is 24.1 Å². The van der Waals surface area contributed by atoms with Crippen LogP contribution in [0, 0.1) is 0 Å². The zero-order chi connectivity index (χ0) is 13.8. The van der Waals surface area contributed by atoms with Crippen LogP contribution in [0.2, 0.25) is 0 Å². The lowest BCUT2D eigenvalue weighted by Gasteiger charge is -2.25. The molecule has 0 aromatic heterocycles. The van der Waals surface area contributed by atoms with Gasteiger partial charge in [-0.2, -0.15) is 13.2 Å². The van der Waals surface area contributed by atoms with Gasteiger partial charge in [-0.05, 0) is 19.2 Å². The monoisotopic (exact) mass is 262 g/mol. The van der Waals surface area contributed by atoms with Crippen molar-refractivity contribution < 1.29 is 18.3 Å². The highest BCUT2D eigenvalue weighted by atomic mass is 19.4. The minimum absolute atomic E-state index is 0.0696. The van der Waals surface area contributed by atoms with E-state index in [4.69, 9.17) is 0 Å². The number of likely N-dealkylation sites (N-methyl/N-ethyl adjacent to an activating group) is 2. The summed E-state index contributed by atoms with van der Waals surface area (Å²) in [5, 5.41) is 12.4. The largest absolute Gasteiger partial charge is 0.418 e. The van der Waals surface area contributed by atoms with Gasteiger partial charge >= 0.3 is 6.18 Å². The lowest BCUT2D eigenvalue weighted by atomic mass is 10.1. The van der Waals surface area contributed by atoms with Crippen molar-refractivity contribution in [2.24, 2.45) is 0 Å². The average Bonchev–Trinajstić information content (AvgIpc) is 2.28. The summed E-state index contributed by atoms with van der Waals surface area (Å²) in [6.07, 6.45) is -5.11. The molecule has 1 aromatic rings. The van der Waals surface area contributed by atoms with E-state index in [-0.39, 0.29) is 12.2 Å². The number of rotatable bonds is 5. The number of hydrogen-bond donors (Lipinski definition) is 2. The van der Waals surface area contributed by atoms with Crippen LogP contribution < -0.4 is 10.2 Å². The maximum atomic E-state index is 12.8. The summed E-state index contributed by atoms with van der Waals surface area (Å²) in [5.41, 5.74) is -0.621. The van der Waals surface area contributed by atoms with E-state index in [0.717, 1.165) is 6.07 Å². The topological polar surface area (TPSA) is 35.5 Å². The summed E-state index contributed by atoms with van der Waals surface area (Å²) in [6.45, 7) is 0.465. The summed E-state index contributed by atoms with van der Waals surface area (Å²) in [4.78, 5) is 1.41. The second-order valence-corrected chi connectivity index (χ2v) is 4.11. The van der Waals surface area contributed by atoms with Crippen LogP contribution in [0.3, 0.4) is 0 Å². The smallest absolute Gasteiger partial charge is 0.390 e. The minimum atomic E-state index is -4.39. The van der Waals surface area contributed by atoms with Crippen LogP contribution in [0.25, 0.3) is 0 Å². The number of anilines is 1. The van der Waals surface area contributed by atoms with E-state index in [2.05, 4.69) is 5.32 Å². The van der Waals surface area contributed by atoms with Crippen molar-refractivity contribution in [1.29, 1.82) is 0 Å². The lowest BCUT2D eigenvalue weighted by molar-refractivity contribution is -0.137. The van der Waals surface area contributed by atoms with Gasteiger partial charge < -0.3 is 15.3 Å². The molecule has 0 heterocycles. The lowest BCUT2D eigenvalue weighted by Crippen LogP contribution is -2.36. The molecule has 0 spiro atoms. The van der Waals surface area contributed by atoms with Gasteiger partial charge in [0.05, 0.1) is 11.7 Å². The predicted molar refractivity (Wildman–Crippen MR) is 64.6 cm³/mol. The summed E-state index contributed by atoms with van der Waals surface area (Å²) < 4.78 is 38.4. The number of nitrogens with one attached hydrogen (secondary N) is 1. The number of nitrogens with zero attached hydrogens (tertiary/aromatic N) is 1. The van der Waals surface area contributed by atoms with Crippen LogP contribution in [-0.2, 0) is 6.18 Å². The first kappa shape index (κ1) is 14.8. The highest BCUT2D eigenvalue weighted by molar-refractivity contribution is 5.54. The first-order valence-electron chi connectivity index (χ1n) is 5.56. The zero-order valence-corrected chi connectivity index (χ0v) is 10.3. The first-order valence-corrected chi connectivity index (χ1v) is 5.56. The second kappa shape index (κ2) is 6.06. The molecule has 0 bridgehead atoms. The number of aliphatic hydroxyl groups excluding tert-OH is 1. The molecule has 1 unspecified atom stereocenters. The number of para-hydroxylation sites is 1. The van der Waals surface area contributed by atoms with Crippen molar-refractivity contribution in [2.75, 3.05) is 32.1 Å². The normalized spacial score (nSPS) is 13.4. The van der Waals surface area contributed by atoms with Gasteiger partial charge in [0.15, 0.2) is 0 Å². The fraction of sp³-hybridized carbons (Fsp3) is 0.500. The Hall–Kier alpha value is -1.27. The van der Waals surface area contributed by atoms with Gasteiger partial charge in [0, 0.05) is 25.8 Å². The predicted octanol–water partition coefficient (Wildman–Crippen LogP) is 1.72. The van der Waals surface area contributed by atoms with Crippen LogP contribution in [0.4, 0.5) is 18.9 Å². The summed E-state index contributed by atoms with van der Waals surface area (Å²) in [5.74, 6) is 0. The molecule has 0 radical (unpaired) electrons. The van der Waals surface area contributed by atoms with Crippen LogP contribution in [0.15, 0.2) is 24.3 Å². The van der Waals surface area contributed by atoms with E-state index in [1.54, 1.807) is 13.1 Å². The van der Waals surface area contributed by atoms with Crippen LogP contribution in [0.5, 0.6) is 0 Å². The first-order chi connectivity index (χ1) is 8.36. The second-order valence-electron chi connectivity index (χ2n) is 4.11. The number of aliphatic hydroxyl groups is 1. The van der Waals surface area contributed by atoms with Crippen molar-refractivity contribution >= 4 is 5.69 Å². The number of alkyl halides is 3. The Morgan fingerprint density at radius 3 is 2.50 bits per heavy atom. The molecule has 1 rings (SSSR count). The van der Waals surface area contributed by atoms with Gasteiger partial charge in [-0.15, -0.1) is 0 Å². The quantitative estimate of drug-likeness (QED) is 0.848. The third-order valence-electron chi connectivity index (χ3n) is 2.55. The van der Waals surface area contributed by atoms with Crippen molar-refractivity contribution in [2.45, 2.75) is 12.3 Å². The van der Waals surface area contributed by atoms with Crippen molar-refractivity contribution in [3.8, 4) is 0 Å². The van der Waals surface area contributed by atoms with Crippen molar-refractivity contribution in [3.63, 3.8) is 0 Å². The molecule has 6 heteroatoms. The van der Waals surface area contributed by atoms with E-state index in [9.17, 15) is 18.3 Å². The molecular formula is C12H17F3N2O. The zero-order valence-electron chi connectivity index (χ0n) is 10.3. The van der Waals surface area contributed by atoms with Gasteiger partial charge in [-0.3, -0.25) is 0 Å². The molecule has 1 aromatic carbocycles. The standard InChI is InChI=1S/C12H17F3N2O/c1-16-7-9(18)8-17(2)11-6-4-3-5-10(11)12(13,14)15/h3-6,9,16,18H,7-8H2,1-2H3. The molecule has 2 N–H and O–H groups in total. The molecular weight excluding hydrogens is 245 g/mol. The maximum absolute atomic E-state index is 12.8. The molecule has 0 aliphatic heterocycles. The summed E-state index contributed by atoms with van der Waals surface area (Å²) in [7, 11) is 3.20.